The van der Waals surface area contributed by atoms with Crippen LogP contribution < -0.4 is 10.6 Å². The molecule has 0 aliphatic carbocycles. The van der Waals surface area contributed by atoms with Crippen LogP contribution in [-0.4, -0.2) is 31.4 Å². The number of aryl methyl sites for hydroxylation is 2. The first-order valence-electron chi connectivity index (χ1n) is 9.95. The second-order valence-electron chi connectivity index (χ2n) is 6.94. The molecule has 0 spiro atoms. The Morgan fingerprint density at radius 2 is 1.55 bits per heavy atom. The van der Waals surface area contributed by atoms with Crippen LogP contribution in [0.2, 0.25) is 0 Å². The monoisotopic (exact) mass is 416 g/mol. The number of nitrogens with one attached hydrogen (secondary N) is 2. The number of methoxy groups -OCH3 is 1. The van der Waals surface area contributed by atoms with Gasteiger partial charge in [0.05, 0.1) is 7.11 Å². The second kappa shape index (κ2) is 10.7. The van der Waals surface area contributed by atoms with Gasteiger partial charge in [-0.05, 0) is 48.2 Å². The molecule has 6 heteroatoms. The minimum atomic E-state index is -0.537. The number of hydrogen-bond acceptors (Lipinski definition) is 4. The SMILES string of the molecule is COC(=O)CNC(=O)c1cccc(NC(=O)c2ccccc2CCc2ccccc2)c1. The van der Waals surface area contributed by atoms with Crippen molar-refractivity contribution < 1.29 is 19.1 Å². The fourth-order valence-electron chi connectivity index (χ4n) is 3.15. The smallest absolute Gasteiger partial charge is 0.325 e. The third-order valence-corrected chi connectivity index (χ3v) is 4.79. The zero-order valence-electron chi connectivity index (χ0n) is 17.3. The molecule has 3 rings (SSSR count). The number of rotatable bonds is 8. The first-order valence-corrected chi connectivity index (χ1v) is 9.95. The molecule has 0 saturated heterocycles. The summed E-state index contributed by atoms with van der Waals surface area (Å²) in [7, 11) is 1.25. The number of hydrogen-bond donors (Lipinski definition) is 2. The van der Waals surface area contributed by atoms with E-state index in [0.717, 1.165) is 18.4 Å². The van der Waals surface area contributed by atoms with E-state index in [4.69, 9.17) is 0 Å². The average Bonchev–Trinajstić information content (AvgIpc) is 2.82. The van der Waals surface area contributed by atoms with E-state index in [0.29, 0.717) is 16.8 Å². The van der Waals surface area contributed by atoms with Crippen LogP contribution in [0.15, 0.2) is 78.9 Å². The van der Waals surface area contributed by atoms with Crippen LogP contribution in [0.5, 0.6) is 0 Å². The summed E-state index contributed by atoms with van der Waals surface area (Å²) in [5, 5.41) is 5.33. The number of carbonyl (C=O) groups excluding carboxylic acids is 3. The Hall–Kier alpha value is -3.93. The highest BCUT2D eigenvalue weighted by atomic mass is 16.5. The average molecular weight is 416 g/mol. The van der Waals surface area contributed by atoms with E-state index >= 15 is 0 Å². The lowest BCUT2D eigenvalue weighted by Crippen LogP contribution is -2.30. The Labute approximate surface area is 181 Å². The van der Waals surface area contributed by atoms with E-state index in [1.807, 2.05) is 36.4 Å². The summed E-state index contributed by atoms with van der Waals surface area (Å²) in [6.45, 7) is -0.222. The minimum Gasteiger partial charge on any atom is -0.468 e. The maximum absolute atomic E-state index is 12.9. The van der Waals surface area contributed by atoms with Crippen LogP contribution in [0, 0.1) is 0 Å². The van der Waals surface area contributed by atoms with Crippen molar-refractivity contribution in [2.75, 3.05) is 19.0 Å². The molecule has 0 aliphatic heterocycles. The molecule has 0 atom stereocenters. The summed E-state index contributed by atoms with van der Waals surface area (Å²) in [5.74, 6) is -1.20. The lowest BCUT2D eigenvalue weighted by atomic mass is 9.99. The van der Waals surface area contributed by atoms with Gasteiger partial charge in [0, 0.05) is 16.8 Å². The van der Waals surface area contributed by atoms with Crippen LogP contribution in [0.3, 0.4) is 0 Å². The molecule has 3 aromatic carbocycles. The van der Waals surface area contributed by atoms with Gasteiger partial charge in [-0.15, -0.1) is 0 Å². The standard InChI is InChI=1S/C25H24N2O4/c1-31-23(28)17-26-24(29)20-11-7-12-21(16-20)27-25(30)22-13-6-5-10-19(22)15-14-18-8-3-2-4-9-18/h2-13,16H,14-15,17H2,1H3,(H,26,29)(H,27,30). The van der Waals surface area contributed by atoms with Gasteiger partial charge in [0.1, 0.15) is 6.54 Å². The predicted octanol–water partition coefficient (Wildman–Crippen LogP) is 3.63. The molecule has 3 aromatic rings. The molecule has 0 heterocycles. The van der Waals surface area contributed by atoms with E-state index in [1.165, 1.54) is 12.7 Å². The first-order chi connectivity index (χ1) is 15.1. The van der Waals surface area contributed by atoms with Gasteiger partial charge in [0.2, 0.25) is 0 Å². The number of esters is 1. The van der Waals surface area contributed by atoms with E-state index in [1.54, 1.807) is 30.3 Å². The molecule has 0 radical (unpaired) electrons. The molecular formula is C25H24N2O4. The molecular weight excluding hydrogens is 392 g/mol. The van der Waals surface area contributed by atoms with E-state index < -0.39 is 11.9 Å². The van der Waals surface area contributed by atoms with E-state index in [-0.39, 0.29) is 12.5 Å². The third kappa shape index (κ3) is 6.27. The van der Waals surface area contributed by atoms with Gasteiger partial charge in [-0.3, -0.25) is 14.4 Å². The Bertz CT molecular complexity index is 1060. The summed E-state index contributed by atoms with van der Waals surface area (Å²) in [4.78, 5) is 36.3. The number of benzene rings is 3. The zero-order valence-corrected chi connectivity index (χ0v) is 17.3. The quantitative estimate of drug-likeness (QED) is 0.549. The molecule has 6 nitrogen and oxygen atoms in total. The number of amides is 2. The number of anilines is 1. The topological polar surface area (TPSA) is 84.5 Å². The zero-order chi connectivity index (χ0) is 22.1. The van der Waals surface area contributed by atoms with Crippen LogP contribution in [0.1, 0.15) is 31.8 Å². The van der Waals surface area contributed by atoms with Crippen molar-refractivity contribution in [3.8, 4) is 0 Å². The fraction of sp³-hybridized carbons (Fsp3) is 0.160. The van der Waals surface area contributed by atoms with Crippen molar-refractivity contribution in [3.05, 3.63) is 101 Å². The van der Waals surface area contributed by atoms with Crippen LogP contribution in [0.25, 0.3) is 0 Å². The van der Waals surface area contributed by atoms with Crippen LogP contribution in [-0.2, 0) is 22.4 Å². The minimum absolute atomic E-state index is 0.222. The molecule has 0 saturated carbocycles. The Kier molecular flexibility index (Phi) is 7.54. The Morgan fingerprint density at radius 1 is 0.806 bits per heavy atom. The highest BCUT2D eigenvalue weighted by Gasteiger charge is 2.13. The highest BCUT2D eigenvalue weighted by molar-refractivity contribution is 6.06. The van der Waals surface area contributed by atoms with E-state index in [2.05, 4.69) is 27.5 Å². The van der Waals surface area contributed by atoms with Crippen LogP contribution >= 0.6 is 0 Å². The normalized spacial score (nSPS) is 10.2. The Balaban J connectivity index is 1.68. The van der Waals surface area contributed by atoms with Gasteiger partial charge >= 0.3 is 5.97 Å². The third-order valence-electron chi connectivity index (χ3n) is 4.79. The molecule has 0 aliphatic rings. The lowest BCUT2D eigenvalue weighted by Gasteiger charge is -2.11. The summed E-state index contributed by atoms with van der Waals surface area (Å²) in [6.07, 6.45) is 1.57. The van der Waals surface area contributed by atoms with Crippen molar-refractivity contribution in [2.24, 2.45) is 0 Å². The van der Waals surface area contributed by atoms with Gasteiger partial charge < -0.3 is 15.4 Å². The fourth-order valence-corrected chi connectivity index (χ4v) is 3.15. The largest absolute Gasteiger partial charge is 0.468 e. The molecule has 2 N–H and O–H groups in total. The maximum Gasteiger partial charge on any atom is 0.325 e. The lowest BCUT2D eigenvalue weighted by molar-refractivity contribution is -0.139. The van der Waals surface area contributed by atoms with Gasteiger partial charge in [0.25, 0.3) is 11.8 Å². The number of ether oxygens (including phenoxy) is 1. The first kappa shape index (κ1) is 21.8. The van der Waals surface area contributed by atoms with Crippen molar-refractivity contribution in [1.29, 1.82) is 0 Å². The van der Waals surface area contributed by atoms with Crippen molar-refractivity contribution >= 4 is 23.5 Å². The second-order valence-corrected chi connectivity index (χ2v) is 6.94. The highest BCUT2D eigenvalue weighted by Crippen LogP contribution is 2.17. The van der Waals surface area contributed by atoms with Crippen molar-refractivity contribution in [2.45, 2.75) is 12.8 Å². The molecule has 0 fully saturated rings. The molecule has 2 amide bonds. The van der Waals surface area contributed by atoms with Gasteiger partial charge in [0.15, 0.2) is 0 Å². The molecule has 158 valence electrons. The van der Waals surface area contributed by atoms with Gasteiger partial charge in [-0.1, -0.05) is 54.6 Å². The molecule has 31 heavy (non-hydrogen) atoms. The summed E-state index contributed by atoms with van der Waals surface area (Å²) in [5.41, 5.74) is 3.59. The summed E-state index contributed by atoms with van der Waals surface area (Å²) in [6, 6.07) is 24.2. The van der Waals surface area contributed by atoms with Crippen molar-refractivity contribution in [1.82, 2.24) is 5.32 Å². The van der Waals surface area contributed by atoms with Gasteiger partial charge in [-0.25, -0.2) is 0 Å². The van der Waals surface area contributed by atoms with Crippen LogP contribution in [0.4, 0.5) is 5.69 Å². The summed E-state index contributed by atoms with van der Waals surface area (Å²) < 4.78 is 4.51. The predicted molar refractivity (Wildman–Crippen MR) is 119 cm³/mol. The van der Waals surface area contributed by atoms with Gasteiger partial charge in [-0.2, -0.15) is 0 Å². The maximum atomic E-state index is 12.9. The Morgan fingerprint density at radius 3 is 2.32 bits per heavy atom. The summed E-state index contributed by atoms with van der Waals surface area (Å²) >= 11 is 0. The molecule has 0 bridgehead atoms. The van der Waals surface area contributed by atoms with Crippen molar-refractivity contribution in [3.63, 3.8) is 0 Å². The number of carbonyl (C=O) groups is 3. The molecule has 0 unspecified atom stereocenters. The van der Waals surface area contributed by atoms with E-state index in [9.17, 15) is 14.4 Å². The molecule has 0 aromatic heterocycles.